The van der Waals surface area contributed by atoms with Gasteiger partial charge in [-0.3, -0.25) is 19.3 Å². The minimum absolute atomic E-state index is 0.00950. The van der Waals surface area contributed by atoms with Gasteiger partial charge in [-0.25, -0.2) is 0 Å². The number of nitrogens with zero attached hydrogens (tertiary/aromatic N) is 5. The van der Waals surface area contributed by atoms with Crippen molar-refractivity contribution in [2.24, 2.45) is 5.41 Å². The van der Waals surface area contributed by atoms with Gasteiger partial charge in [-0.2, -0.15) is 0 Å². The SMILES string of the molecule is C=C(CCC(C)N1Cc2c(ccc3c2OCC2CN(CC(=O)N4CC5(CCN(c6ccc(C7c8ccc(O)cc8CCC7c7ccccc7)cc6)CC5)C4)CCN32)C1=O)NC=O. The van der Waals surface area contributed by atoms with Crippen molar-refractivity contribution in [2.45, 2.75) is 75.9 Å². The van der Waals surface area contributed by atoms with E-state index < -0.39 is 0 Å². The highest BCUT2D eigenvalue weighted by molar-refractivity contribution is 6.00. The summed E-state index contributed by atoms with van der Waals surface area (Å²) in [6.45, 7) is 13.4. The number of fused-ring (bicyclic) bond motifs is 6. The minimum atomic E-state index is -0.00950. The highest BCUT2D eigenvalue weighted by Gasteiger charge is 2.47. The smallest absolute Gasteiger partial charge is 0.254 e. The average Bonchev–Trinajstić information content (AvgIpc) is 3.63. The van der Waals surface area contributed by atoms with Gasteiger partial charge >= 0.3 is 0 Å². The molecule has 3 amide bonds. The van der Waals surface area contributed by atoms with E-state index in [0.717, 1.165) is 88.5 Å². The van der Waals surface area contributed by atoms with E-state index in [-0.39, 0.29) is 35.2 Å². The van der Waals surface area contributed by atoms with E-state index in [1.807, 2.05) is 36.1 Å². The van der Waals surface area contributed by atoms with Crippen LogP contribution >= 0.6 is 0 Å². The number of piperidine rings is 1. The summed E-state index contributed by atoms with van der Waals surface area (Å²) in [6, 6.07) is 30.2. The van der Waals surface area contributed by atoms with Crippen LogP contribution in [0.3, 0.4) is 0 Å². The van der Waals surface area contributed by atoms with Crippen LogP contribution < -0.4 is 19.9 Å². The first-order valence-electron chi connectivity index (χ1n) is 22.6. The Labute approximate surface area is 364 Å². The second-order valence-electron chi connectivity index (χ2n) is 18.8. The number of phenolic OH excluding ortho intramolecular Hbond substituents is 1. The second-order valence-corrected chi connectivity index (χ2v) is 18.8. The maximum absolute atomic E-state index is 13.7. The zero-order chi connectivity index (χ0) is 42.5. The molecule has 1 spiro atoms. The molecule has 11 nitrogen and oxygen atoms in total. The van der Waals surface area contributed by atoms with Crippen LogP contribution in [-0.4, -0.2) is 109 Å². The lowest BCUT2D eigenvalue weighted by molar-refractivity contribution is -0.146. The number of likely N-dealkylation sites (tertiary alicyclic amines) is 1. The molecule has 1 aliphatic carbocycles. The molecule has 4 unspecified atom stereocenters. The van der Waals surface area contributed by atoms with Gasteiger partial charge in [0.15, 0.2) is 0 Å². The average molecular weight is 835 g/mol. The van der Waals surface area contributed by atoms with Crippen LogP contribution in [0.5, 0.6) is 11.5 Å². The molecule has 0 saturated carbocycles. The van der Waals surface area contributed by atoms with Gasteiger partial charge < -0.3 is 34.8 Å². The van der Waals surface area contributed by atoms with E-state index in [1.165, 1.54) is 27.9 Å². The van der Waals surface area contributed by atoms with Gasteiger partial charge in [0.25, 0.3) is 5.91 Å². The molecule has 4 aromatic carbocycles. The fourth-order valence-electron chi connectivity index (χ4n) is 11.5. The van der Waals surface area contributed by atoms with Crippen LogP contribution in [0.1, 0.15) is 89.0 Å². The number of carbonyl (C=O) groups excluding carboxylic acids is 3. The number of phenols is 1. The molecular weight excluding hydrogens is 777 g/mol. The number of anilines is 2. The third kappa shape index (κ3) is 7.48. The van der Waals surface area contributed by atoms with Gasteiger partial charge in [-0.15, -0.1) is 0 Å². The Kier molecular flexibility index (Phi) is 10.7. The summed E-state index contributed by atoms with van der Waals surface area (Å²) in [4.78, 5) is 49.0. The predicted molar refractivity (Wildman–Crippen MR) is 241 cm³/mol. The third-order valence-corrected chi connectivity index (χ3v) is 15.0. The Morgan fingerprint density at radius 2 is 1.77 bits per heavy atom. The van der Waals surface area contributed by atoms with Crippen LogP contribution in [-0.2, 0) is 22.6 Å². The predicted octanol–water partition coefficient (Wildman–Crippen LogP) is 6.65. The van der Waals surface area contributed by atoms with Crippen molar-refractivity contribution < 1.29 is 24.2 Å². The zero-order valence-corrected chi connectivity index (χ0v) is 35.8. The molecule has 3 saturated heterocycles. The maximum atomic E-state index is 13.7. The quantitative estimate of drug-likeness (QED) is 0.162. The summed E-state index contributed by atoms with van der Waals surface area (Å²) in [5.41, 5.74) is 10.1. The molecule has 0 aromatic heterocycles. The molecule has 4 aromatic rings. The highest BCUT2D eigenvalue weighted by atomic mass is 16.5. The first kappa shape index (κ1) is 40.3. The molecular formula is C51H58N6O5. The lowest BCUT2D eigenvalue weighted by atomic mass is 9.69. The van der Waals surface area contributed by atoms with Crippen molar-refractivity contribution in [3.8, 4) is 11.5 Å². The lowest BCUT2D eigenvalue weighted by Crippen LogP contribution is -2.64. The van der Waals surface area contributed by atoms with Gasteiger partial charge in [-0.1, -0.05) is 55.1 Å². The number of rotatable bonds is 11. The summed E-state index contributed by atoms with van der Waals surface area (Å²) in [5.74, 6) is 2.03. The van der Waals surface area contributed by atoms with Gasteiger partial charge in [0, 0.05) is 85.7 Å². The van der Waals surface area contributed by atoms with E-state index in [1.54, 1.807) is 0 Å². The summed E-state index contributed by atoms with van der Waals surface area (Å²) in [5, 5.41) is 12.9. The van der Waals surface area contributed by atoms with E-state index in [4.69, 9.17) is 4.74 Å². The Morgan fingerprint density at radius 1 is 0.984 bits per heavy atom. The number of aryl methyl sites for hydroxylation is 1. The van der Waals surface area contributed by atoms with Crippen LogP contribution in [0.15, 0.2) is 97.2 Å². The molecule has 4 atom stereocenters. The molecule has 5 aliphatic heterocycles. The van der Waals surface area contributed by atoms with Crippen molar-refractivity contribution in [1.29, 1.82) is 0 Å². The van der Waals surface area contributed by atoms with E-state index in [0.29, 0.717) is 61.9 Å². The fraction of sp³-hybridized carbons (Fsp3) is 0.431. The van der Waals surface area contributed by atoms with Crippen LogP contribution in [0.2, 0.25) is 0 Å². The van der Waals surface area contributed by atoms with Gasteiger partial charge in [0.05, 0.1) is 24.8 Å². The normalized spacial score (nSPS) is 23.0. The summed E-state index contributed by atoms with van der Waals surface area (Å²) in [7, 11) is 0. The Morgan fingerprint density at radius 3 is 2.55 bits per heavy atom. The topological polar surface area (TPSA) is 109 Å². The summed E-state index contributed by atoms with van der Waals surface area (Å²) >= 11 is 0. The number of hydrogen-bond acceptors (Lipinski definition) is 8. The van der Waals surface area contributed by atoms with Crippen molar-refractivity contribution in [3.63, 3.8) is 0 Å². The number of piperazine rings is 1. The van der Waals surface area contributed by atoms with Crippen molar-refractivity contribution in [3.05, 3.63) is 131 Å². The number of allylic oxidation sites excluding steroid dienone is 1. The van der Waals surface area contributed by atoms with Crippen molar-refractivity contribution >= 4 is 29.6 Å². The number of hydrogen-bond donors (Lipinski definition) is 2. The van der Waals surface area contributed by atoms with Crippen molar-refractivity contribution in [2.75, 3.05) is 68.8 Å². The van der Waals surface area contributed by atoms with Crippen LogP contribution in [0.4, 0.5) is 11.4 Å². The largest absolute Gasteiger partial charge is 0.508 e. The number of ether oxygens (including phenoxy) is 1. The standard InChI is InChI=1S/C51H58N6O5/c1-34(52-33-58)8-9-35(2)57-28-45-44(50(57)61)18-19-46-49(45)62-30-40-27-53(24-25-56(40)46)29-47(60)55-31-51(32-55)20-22-54(23-21-51)39-13-10-37(11-14-39)48-42(36-6-4-3-5-7-36)16-12-38-26-41(59)15-17-43(38)48/h3-7,10-11,13-15,17-19,26,33,35,40,42,48,59H,1,8-9,12,16,20-25,27-32H2,2H3,(H,52,58). The lowest BCUT2D eigenvalue weighted by Gasteiger charge is -2.54. The molecule has 2 N–H and O–H groups in total. The molecule has 0 bridgehead atoms. The number of amides is 3. The molecule has 11 heteroatoms. The van der Waals surface area contributed by atoms with Gasteiger partial charge in [-0.05, 0) is 110 Å². The Bertz CT molecular complexity index is 2350. The third-order valence-electron chi connectivity index (χ3n) is 15.0. The molecule has 6 aliphatic rings. The van der Waals surface area contributed by atoms with Crippen molar-refractivity contribution in [1.82, 2.24) is 20.0 Å². The van der Waals surface area contributed by atoms with Crippen LogP contribution in [0.25, 0.3) is 0 Å². The first-order valence-corrected chi connectivity index (χ1v) is 22.6. The summed E-state index contributed by atoms with van der Waals surface area (Å²) in [6.07, 6.45) is 6.15. The molecule has 10 rings (SSSR count). The molecule has 5 heterocycles. The molecule has 3 fully saturated rings. The zero-order valence-electron chi connectivity index (χ0n) is 35.8. The monoisotopic (exact) mass is 834 g/mol. The van der Waals surface area contributed by atoms with Gasteiger partial charge in [0.1, 0.15) is 18.1 Å². The van der Waals surface area contributed by atoms with E-state index in [2.05, 4.69) is 92.2 Å². The minimum Gasteiger partial charge on any atom is -0.508 e. The Balaban J connectivity index is 0.711. The molecule has 0 radical (unpaired) electrons. The maximum Gasteiger partial charge on any atom is 0.254 e. The number of aromatic hydroxyl groups is 1. The number of nitrogens with one attached hydrogen (secondary N) is 1. The molecule has 322 valence electrons. The first-order chi connectivity index (χ1) is 30.2. The molecule has 62 heavy (non-hydrogen) atoms. The fourth-order valence-corrected chi connectivity index (χ4v) is 11.5. The van der Waals surface area contributed by atoms with Crippen LogP contribution in [0, 0.1) is 5.41 Å². The Hall–Kier alpha value is -5.81. The number of benzene rings is 4. The van der Waals surface area contributed by atoms with E-state index in [9.17, 15) is 19.5 Å². The summed E-state index contributed by atoms with van der Waals surface area (Å²) < 4.78 is 6.44. The van der Waals surface area contributed by atoms with Gasteiger partial charge in [0.2, 0.25) is 12.3 Å². The van der Waals surface area contributed by atoms with E-state index >= 15 is 0 Å². The second kappa shape index (κ2) is 16.5. The highest BCUT2D eigenvalue weighted by Crippen LogP contribution is 2.48. The number of carbonyl (C=O) groups is 3.